The summed E-state index contributed by atoms with van der Waals surface area (Å²) in [6, 6.07) is 20.5. The molecule has 0 fully saturated rings. The maximum atomic E-state index is 13.9. The molecule has 1 aliphatic rings. The topological polar surface area (TPSA) is 42.0 Å². The zero-order valence-corrected chi connectivity index (χ0v) is 20.5. The summed E-state index contributed by atoms with van der Waals surface area (Å²) >= 11 is 1.86. The Morgan fingerprint density at radius 1 is 1.06 bits per heavy atom. The summed E-state index contributed by atoms with van der Waals surface area (Å²) in [6.07, 6.45) is 6.86. The van der Waals surface area contributed by atoms with Gasteiger partial charge in [-0.05, 0) is 41.7 Å². The Morgan fingerprint density at radius 3 is 2.42 bits per heavy atom. The first kappa shape index (κ1) is 23.3. The van der Waals surface area contributed by atoms with E-state index in [0.717, 1.165) is 64.2 Å². The van der Waals surface area contributed by atoms with E-state index in [1.54, 1.807) is 0 Å². The lowest BCUT2D eigenvalue weighted by molar-refractivity contribution is 0.0933. The highest BCUT2D eigenvalue weighted by Gasteiger charge is 2.27. The molecule has 4 heteroatoms. The zero-order valence-electron chi connectivity index (χ0n) is 19.7. The number of carbonyl (C=O) groups excluding carboxylic acids is 1. The second-order valence-electron chi connectivity index (χ2n) is 8.69. The molecule has 2 aromatic carbocycles. The van der Waals surface area contributed by atoms with Gasteiger partial charge in [0.1, 0.15) is 0 Å². The van der Waals surface area contributed by atoms with Crippen LogP contribution in [0.2, 0.25) is 0 Å². The van der Waals surface area contributed by atoms with Gasteiger partial charge in [-0.25, -0.2) is 4.98 Å². The van der Waals surface area contributed by atoms with Crippen LogP contribution in [0.1, 0.15) is 72.4 Å². The maximum Gasteiger partial charge on any atom is 0.252 e. The number of rotatable bonds is 8. The van der Waals surface area contributed by atoms with Gasteiger partial charge in [-0.2, -0.15) is 11.8 Å². The van der Waals surface area contributed by atoms with Crippen molar-refractivity contribution in [2.45, 2.75) is 57.1 Å². The number of pyridine rings is 1. The molecule has 0 spiro atoms. The van der Waals surface area contributed by atoms with Crippen LogP contribution in [-0.2, 0) is 12.2 Å². The predicted molar refractivity (Wildman–Crippen MR) is 140 cm³/mol. The van der Waals surface area contributed by atoms with Gasteiger partial charge >= 0.3 is 0 Å². The van der Waals surface area contributed by atoms with Crippen LogP contribution in [0.15, 0.2) is 66.7 Å². The van der Waals surface area contributed by atoms with Crippen molar-refractivity contribution in [1.29, 1.82) is 0 Å². The summed E-state index contributed by atoms with van der Waals surface area (Å²) < 4.78 is 0. The van der Waals surface area contributed by atoms with Gasteiger partial charge in [-0.15, -0.1) is 0 Å². The summed E-state index contributed by atoms with van der Waals surface area (Å²) in [5, 5.41) is 3.82. The van der Waals surface area contributed by atoms with Crippen LogP contribution in [0.4, 0.5) is 0 Å². The van der Waals surface area contributed by atoms with E-state index in [1.165, 1.54) is 0 Å². The number of benzene rings is 2. The third-order valence-electron chi connectivity index (χ3n) is 6.02. The number of nitrogens with one attached hydrogen (secondary N) is 1. The number of allylic oxidation sites excluding steroid dienone is 1. The van der Waals surface area contributed by atoms with Crippen LogP contribution < -0.4 is 5.32 Å². The summed E-state index contributed by atoms with van der Waals surface area (Å²) in [5.74, 6) is 0.771. The standard InChI is InChI=1S/C29H32N2OS/c1-4-25(21-13-7-5-8-14-21)31-29(32)27-23-17-11-12-18-26(23)30-28(22-15-9-6-10-16-22)24(27)19-33-20(2)3/h5-10,12-16,18,20,25H,4,11,17,19H2,1-3H3,(H,31,32)/t25-/m0/s1. The predicted octanol–water partition coefficient (Wildman–Crippen LogP) is 7.23. The van der Waals surface area contributed by atoms with E-state index in [9.17, 15) is 4.79 Å². The molecule has 170 valence electrons. The number of hydrogen-bond donors (Lipinski definition) is 1. The first-order valence-electron chi connectivity index (χ1n) is 11.8. The average Bonchev–Trinajstić information content (AvgIpc) is 2.86. The molecule has 3 aromatic rings. The zero-order chi connectivity index (χ0) is 23.2. The number of thioether (sulfide) groups is 1. The Hall–Kier alpha value is -2.85. The van der Waals surface area contributed by atoms with E-state index in [0.29, 0.717) is 5.25 Å². The van der Waals surface area contributed by atoms with Crippen molar-refractivity contribution in [2.75, 3.05) is 0 Å². The van der Waals surface area contributed by atoms with Crippen molar-refractivity contribution < 1.29 is 4.79 Å². The third-order valence-corrected chi connectivity index (χ3v) is 7.14. The van der Waals surface area contributed by atoms with Crippen LogP contribution in [0.3, 0.4) is 0 Å². The van der Waals surface area contributed by atoms with Crippen molar-refractivity contribution in [2.24, 2.45) is 0 Å². The molecule has 1 amide bonds. The van der Waals surface area contributed by atoms with E-state index in [-0.39, 0.29) is 11.9 Å². The second kappa shape index (κ2) is 10.8. The lowest BCUT2D eigenvalue weighted by atomic mass is 9.90. The first-order chi connectivity index (χ1) is 16.1. The fourth-order valence-corrected chi connectivity index (χ4v) is 5.11. The Morgan fingerprint density at radius 2 is 1.76 bits per heavy atom. The van der Waals surface area contributed by atoms with Crippen molar-refractivity contribution in [1.82, 2.24) is 10.3 Å². The molecule has 1 aromatic heterocycles. The van der Waals surface area contributed by atoms with Crippen LogP contribution in [0.25, 0.3) is 17.3 Å². The molecule has 0 unspecified atom stereocenters. The summed E-state index contributed by atoms with van der Waals surface area (Å²) in [4.78, 5) is 19.0. The van der Waals surface area contributed by atoms with Crippen LogP contribution >= 0.6 is 11.8 Å². The molecule has 33 heavy (non-hydrogen) atoms. The van der Waals surface area contributed by atoms with Crippen LogP contribution in [0, 0.1) is 0 Å². The SMILES string of the molecule is CC[C@H](NC(=O)c1c2c(nc(-c3ccccc3)c1CSC(C)C)C=CCC2)c1ccccc1. The molecule has 0 saturated heterocycles. The third kappa shape index (κ3) is 5.39. The quantitative estimate of drug-likeness (QED) is 0.389. The van der Waals surface area contributed by atoms with Gasteiger partial charge in [0.15, 0.2) is 0 Å². The number of nitrogens with zero attached hydrogens (tertiary/aromatic N) is 1. The number of fused-ring (bicyclic) bond motifs is 1. The Kier molecular flexibility index (Phi) is 7.66. The highest BCUT2D eigenvalue weighted by atomic mass is 32.2. The van der Waals surface area contributed by atoms with Crippen molar-refractivity contribution >= 4 is 23.7 Å². The van der Waals surface area contributed by atoms with Gasteiger partial charge in [-0.1, -0.05) is 87.5 Å². The van der Waals surface area contributed by atoms with Gasteiger partial charge in [0, 0.05) is 16.9 Å². The van der Waals surface area contributed by atoms with E-state index >= 15 is 0 Å². The molecule has 0 radical (unpaired) electrons. The molecule has 1 heterocycles. The van der Waals surface area contributed by atoms with E-state index in [1.807, 2.05) is 48.2 Å². The van der Waals surface area contributed by atoms with Crippen molar-refractivity contribution in [3.05, 3.63) is 94.7 Å². The molecule has 4 rings (SSSR count). The molecule has 3 nitrogen and oxygen atoms in total. The fraction of sp³-hybridized carbons (Fsp3) is 0.310. The molecular formula is C29H32N2OS. The lowest BCUT2D eigenvalue weighted by Gasteiger charge is -2.24. The van der Waals surface area contributed by atoms with Gasteiger partial charge in [-0.3, -0.25) is 4.79 Å². The fourth-order valence-electron chi connectivity index (χ4n) is 4.33. The van der Waals surface area contributed by atoms with Crippen molar-refractivity contribution in [3.63, 3.8) is 0 Å². The number of carbonyl (C=O) groups is 1. The van der Waals surface area contributed by atoms with Gasteiger partial charge < -0.3 is 5.32 Å². The van der Waals surface area contributed by atoms with Gasteiger partial charge in [0.25, 0.3) is 5.91 Å². The average molecular weight is 457 g/mol. The normalized spacial score (nSPS) is 13.6. The Balaban J connectivity index is 1.84. The molecule has 0 bridgehead atoms. The smallest absolute Gasteiger partial charge is 0.252 e. The molecule has 1 aliphatic carbocycles. The number of amides is 1. The monoisotopic (exact) mass is 456 g/mol. The number of hydrogen-bond acceptors (Lipinski definition) is 3. The molecular weight excluding hydrogens is 424 g/mol. The maximum absolute atomic E-state index is 13.9. The lowest BCUT2D eigenvalue weighted by Crippen LogP contribution is -2.31. The summed E-state index contributed by atoms with van der Waals surface area (Å²) in [5.41, 5.74) is 7.00. The van der Waals surface area contributed by atoms with Crippen LogP contribution in [0.5, 0.6) is 0 Å². The molecule has 0 saturated carbocycles. The minimum Gasteiger partial charge on any atom is -0.345 e. The number of aromatic nitrogens is 1. The van der Waals surface area contributed by atoms with Crippen molar-refractivity contribution in [3.8, 4) is 11.3 Å². The van der Waals surface area contributed by atoms with Gasteiger partial charge in [0.05, 0.1) is 23.0 Å². The first-order valence-corrected chi connectivity index (χ1v) is 12.9. The second-order valence-corrected chi connectivity index (χ2v) is 10.3. The largest absolute Gasteiger partial charge is 0.345 e. The van der Waals surface area contributed by atoms with E-state index < -0.39 is 0 Å². The van der Waals surface area contributed by atoms with Crippen LogP contribution in [-0.4, -0.2) is 16.1 Å². The minimum absolute atomic E-state index is 0.0104. The Bertz CT molecular complexity index is 1120. The summed E-state index contributed by atoms with van der Waals surface area (Å²) in [6.45, 7) is 6.51. The summed E-state index contributed by atoms with van der Waals surface area (Å²) in [7, 11) is 0. The molecule has 1 N–H and O–H groups in total. The highest BCUT2D eigenvalue weighted by molar-refractivity contribution is 7.99. The Labute approximate surface area is 201 Å². The minimum atomic E-state index is -0.0209. The van der Waals surface area contributed by atoms with Gasteiger partial charge in [0.2, 0.25) is 0 Å². The molecule has 1 atom stereocenters. The molecule has 0 aliphatic heterocycles. The van der Waals surface area contributed by atoms with E-state index in [4.69, 9.17) is 4.98 Å². The van der Waals surface area contributed by atoms with E-state index in [2.05, 4.69) is 62.5 Å². The highest BCUT2D eigenvalue weighted by Crippen LogP contribution is 2.35.